The second-order valence-corrected chi connectivity index (χ2v) is 6.69. The molecule has 112 valence electrons. The molecule has 0 radical (unpaired) electrons. The fourth-order valence-corrected chi connectivity index (χ4v) is 2.36. The summed E-state index contributed by atoms with van der Waals surface area (Å²) in [6, 6.07) is 5.87. The smallest absolute Gasteiger partial charge is 0.292 e. The standard InChI is InChI=1S/C16H20ClN3O/c1-10-6-11(2)8-12(7-10)20-15(21)14(17)13(9-18-20)19-16(3,4)5/h6-9,19H,1-5H3. The SMILES string of the molecule is Cc1cc(C)cc(-n2ncc(NC(C)(C)C)c(Cl)c2=O)c1. The Labute approximate surface area is 129 Å². The minimum Gasteiger partial charge on any atom is -0.378 e. The highest BCUT2D eigenvalue weighted by molar-refractivity contribution is 6.33. The van der Waals surface area contributed by atoms with Crippen LogP contribution in [0.1, 0.15) is 31.9 Å². The number of anilines is 1. The summed E-state index contributed by atoms with van der Waals surface area (Å²) in [5.41, 5.74) is 2.91. The number of nitrogens with zero attached hydrogens (tertiary/aromatic N) is 2. The Balaban J connectivity index is 2.53. The van der Waals surface area contributed by atoms with Crippen molar-refractivity contribution >= 4 is 17.3 Å². The van der Waals surface area contributed by atoms with Gasteiger partial charge in [0.25, 0.3) is 5.56 Å². The van der Waals surface area contributed by atoms with Gasteiger partial charge in [0.2, 0.25) is 0 Å². The summed E-state index contributed by atoms with van der Waals surface area (Å²) in [6.45, 7) is 9.97. The average molecular weight is 306 g/mol. The lowest BCUT2D eigenvalue weighted by atomic mass is 10.1. The third-order valence-electron chi connectivity index (χ3n) is 2.88. The van der Waals surface area contributed by atoms with Gasteiger partial charge in [-0.15, -0.1) is 0 Å². The first-order valence-corrected chi connectivity index (χ1v) is 7.20. The molecule has 0 aliphatic rings. The molecule has 0 saturated carbocycles. The van der Waals surface area contributed by atoms with Gasteiger partial charge in [-0.3, -0.25) is 4.79 Å². The number of aryl methyl sites for hydroxylation is 2. The molecule has 0 aliphatic carbocycles. The molecule has 0 saturated heterocycles. The number of hydrogen-bond donors (Lipinski definition) is 1. The second-order valence-electron chi connectivity index (χ2n) is 6.31. The molecular weight excluding hydrogens is 286 g/mol. The third-order valence-corrected chi connectivity index (χ3v) is 3.24. The molecule has 5 heteroatoms. The first-order valence-electron chi connectivity index (χ1n) is 6.82. The summed E-state index contributed by atoms with van der Waals surface area (Å²) in [5.74, 6) is 0. The van der Waals surface area contributed by atoms with Crippen LogP contribution in [0.15, 0.2) is 29.2 Å². The molecule has 0 unspecified atom stereocenters. The van der Waals surface area contributed by atoms with Crippen LogP contribution < -0.4 is 10.9 Å². The van der Waals surface area contributed by atoms with Crippen molar-refractivity contribution in [3.63, 3.8) is 0 Å². The van der Waals surface area contributed by atoms with Crippen LogP contribution in [-0.4, -0.2) is 15.3 Å². The second kappa shape index (κ2) is 5.53. The maximum atomic E-state index is 12.4. The molecule has 0 spiro atoms. The highest BCUT2D eigenvalue weighted by atomic mass is 35.5. The van der Waals surface area contributed by atoms with Gasteiger partial charge in [0.1, 0.15) is 5.02 Å². The average Bonchev–Trinajstić information content (AvgIpc) is 2.32. The number of rotatable bonds is 2. The number of aromatic nitrogens is 2. The molecule has 1 heterocycles. The van der Waals surface area contributed by atoms with Gasteiger partial charge in [0.15, 0.2) is 0 Å². The lowest BCUT2D eigenvalue weighted by molar-refractivity contribution is 0.631. The molecule has 1 aromatic heterocycles. The minimum absolute atomic E-state index is 0.152. The van der Waals surface area contributed by atoms with Gasteiger partial charge in [-0.2, -0.15) is 9.78 Å². The van der Waals surface area contributed by atoms with Crippen LogP contribution in [0.25, 0.3) is 5.69 Å². The fourth-order valence-electron chi connectivity index (χ4n) is 2.18. The maximum Gasteiger partial charge on any atom is 0.292 e. The molecule has 21 heavy (non-hydrogen) atoms. The van der Waals surface area contributed by atoms with Crippen molar-refractivity contribution in [2.75, 3.05) is 5.32 Å². The zero-order valence-electron chi connectivity index (χ0n) is 13.0. The van der Waals surface area contributed by atoms with E-state index in [0.717, 1.165) is 16.8 Å². The largest absolute Gasteiger partial charge is 0.378 e. The van der Waals surface area contributed by atoms with Crippen molar-refractivity contribution in [2.45, 2.75) is 40.2 Å². The van der Waals surface area contributed by atoms with Gasteiger partial charge in [-0.25, -0.2) is 0 Å². The van der Waals surface area contributed by atoms with Crippen LogP contribution in [0, 0.1) is 13.8 Å². The lowest BCUT2D eigenvalue weighted by Gasteiger charge is -2.22. The van der Waals surface area contributed by atoms with Crippen LogP contribution in [0.4, 0.5) is 5.69 Å². The Hall–Kier alpha value is -1.81. The Kier molecular flexibility index (Phi) is 4.10. The van der Waals surface area contributed by atoms with Gasteiger partial charge in [0.05, 0.1) is 17.6 Å². The Morgan fingerprint density at radius 1 is 1.14 bits per heavy atom. The number of hydrogen-bond acceptors (Lipinski definition) is 3. The molecule has 0 amide bonds. The van der Waals surface area contributed by atoms with E-state index in [2.05, 4.69) is 10.4 Å². The van der Waals surface area contributed by atoms with Gasteiger partial charge in [0, 0.05) is 5.54 Å². The summed E-state index contributed by atoms with van der Waals surface area (Å²) >= 11 is 6.20. The summed E-state index contributed by atoms with van der Waals surface area (Å²) in [6.07, 6.45) is 1.59. The van der Waals surface area contributed by atoms with Gasteiger partial charge < -0.3 is 5.32 Å². The molecule has 1 aromatic carbocycles. The van der Waals surface area contributed by atoms with Crippen molar-refractivity contribution in [1.29, 1.82) is 0 Å². The number of nitrogens with one attached hydrogen (secondary N) is 1. The zero-order chi connectivity index (χ0) is 15.8. The normalized spacial score (nSPS) is 11.5. The molecule has 0 atom stereocenters. The van der Waals surface area contributed by atoms with E-state index in [0.29, 0.717) is 5.69 Å². The highest BCUT2D eigenvalue weighted by Gasteiger charge is 2.16. The van der Waals surface area contributed by atoms with Crippen molar-refractivity contribution in [1.82, 2.24) is 9.78 Å². The summed E-state index contributed by atoms with van der Waals surface area (Å²) in [4.78, 5) is 12.4. The van der Waals surface area contributed by atoms with Crippen molar-refractivity contribution in [3.8, 4) is 5.69 Å². The first-order chi connectivity index (χ1) is 9.67. The van der Waals surface area contributed by atoms with E-state index in [9.17, 15) is 4.79 Å². The van der Waals surface area contributed by atoms with E-state index in [4.69, 9.17) is 11.6 Å². The highest BCUT2D eigenvalue weighted by Crippen LogP contribution is 2.21. The van der Waals surface area contributed by atoms with E-state index >= 15 is 0 Å². The Bertz CT molecular complexity index is 709. The van der Waals surface area contributed by atoms with Crippen LogP contribution in [0.5, 0.6) is 0 Å². The van der Waals surface area contributed by atoms with Crippen molar-refractivity contribution in [2.24, 2.45) is 0 Å². The van der Waals surface area contributed by atoms with Crippen LogP contribution in [0.3, 0.4) is 0 Å². The monoisotopic (exact) mass is 305 g/mol. The lowest BCUT2D eigenvalue weighted by Crippen LogP contribution is -2.29. The Morgan fingerprint density at radius 3 is 2.24 bits per heavy atom. The number of halogens is 1. The molecule has 0 fully saturated rings. The van der Waals surface area contributed by atoms with Crippen molar-refractivity contribution < 1.29 is 0 Å². The van der Waals surface area contributed by atoms with E-state index in [1.165, 1.54) is 4.68 Å². The maximum absolute atomic E-state index is 12.4. The molecular formula is C16H20ClN3O. The zero-order valence-corrected chi connectivity index (χ0v) is 13.7. The van der Waals surface area contributed by atoms with Crippen molar-refractivity contribution in [3.05, 3.63) is 50.9 Å². The third kappa shape index (κ3) is 3.64. The van der Waals surface area contributed by atoms with E-state index in [1.54, 1.807) is 6.20 Å². The van der Waals surface area contributed by atoms with Crippen LogP contribution >= 0.6 is 11.6 Å². The molecule has 2 aromatic rings. The van der Waals surface area contributed by atoms with E-state index in [1.807, 2.05) is 52.8 Å². The van der Waals surface area contributed by atoms with Gasteiger partial charge in [-0.1, -0.05) is 17.7 Å². The first kappa shape index (κ1) is 15.6. The fraction of sp³-hybridized carbons (Fsp3) is 0.375. The van der Waals surface area contributed by atoms with Gasteiger partial charge >= 0.3 is 0 Å². The Morgan fingerprint density at radius 2 is 1.71 bits per heavy atom. The molecule has 4 nitrogen and oxygen atoms in total. The minimum atomic E-state index is -0.323. The van der Waals surface area contributed by atoms with E-state index in [-0.39, 0.29) is 16.1 Å². The van der Waals surface area contributed by atoms with Crippen LogP contribution in [-0.2, 0) is 0 Å². The number of benzene rings is 1. The predicted molar refractivity (Wildman–Crippen MR) is 87.7 cm³/mol. The van der Waals surface area contributed by atoms with Gasteiger partial charge in [-0.05, 0) is 57.9 Å². The topological polar surface area (TPSA) is 46.9 Å². The summed E-state index contributed by atoms with van der Waals surface area (Å²) in [7, 11) is 0. The molecule has 1 N–H and O–H groups in total. The predicted octanol–water partition coefficient (Wildman–Crippen LogP) is 3.71. The van der Waals surface area contributed by atoms with E-state index < -0.39 is 0 Å². The van der Waals surface area contributed by atoms with Crippen LogP contribution in [0.2, 0.25) is 5.02 Å². The molecule has 2 rings (SSSR count). The summed E-state index contributed by atoms with van der Waals surface area (Å²) in [5, 5.41) is 7.57. The quantitative estimate of drug-likeness (QED) is 0.920. The molecule has 0 aliphatic heterocycles. The molecule has 0 bridgehead atoms. The summed E-state index contributed by atoms with van der Waals surface area (Å²) < 4.78 is 1.33.